The standard InChI is InChI=1S/C21H24ClN3O4/c1-13-11-17(14(2)24(13)9-10-29-4)18(26)12-25-19(27)21(3,23-20(25)28)15-5-7-16(22)8-6-15/h5-8,11H,9-10,12H2,1-4H3,(H,23,28). The van der Waals surface area contributed by atoms with Gasteiger partial charge in [0.15, 0.2) is 5.78 Å². The molecular weight excluding hydrogens is 394 g/mol. The van der Waals surface area contributed by atoms with Crippen molar-refractivity contribution in [3.63, 3.8) is 0 Å². The molecule has 0 saturated carbocycles. The topological polar surface area (TPSA) is 80.6 Å². The first-order valence-electron chi connectivity index (χ1n) is 9.28. The molecule has 1 atom stereocenters. The molecule has 29 heavy (non-hydrogen) atoms. The molecular formula is C21H24ClN3O4. The number of carbonyl (C=O) groups excluding carboxylic acids is 3. The fourth-order valence-corrected chi connectivity index (χ4v) is 3.78. The molecule has 8 heteroatoms. The number of ketones is 1. The van der Waals surface area contributed by atoms with Crippen molar-refractivity contribution in [1.82, 2.24) is 14.8 Å². The summed E-state index contributed by atoms with van der Waals surface area (Å²) in [6.45, 7) is 6.21. The molecule has 1 aliphatic heterocycles. The molecule has 1 aliphatic rings. The summed E-state index contributed by atoms with van der Waals surface area (Å²) in [5, 5.41) is 3.23. The van der Waals surface area contributed by atoms with E-state index in [2.05, 4.69) is 5.32 Å². The van der Waals surface area contributed by atoms with Gasteiger partial charge in [-0.3, -0.25) is 14.5 Å². The lowest BCUT2D eigenvalue weighted by molar-refractivity contribution is -0.130. The number of Topliss-reactive ketones (excluding diaryl/α,β-unsaturated/α-hetero) is 1. The monoisotopic (exact) mass is 417 g/mol. The Balaban J connectivity index is 1.82. The van der Waals surface area contributed by atoms with E-state index in [0.717, 1.165) is 16.3 Å². The van der Waals surface area contributed by atoms with Crippen molar-refractivity contribution in [3.8, 4) is 0 Å². The number of rotatable bonds is 7. The maximum absolute atomic E-state index is 13.0. The number of ether oxygens (including phenoxy) is 1. The quantitative estimate of drug-likeness (QED) is 0.554. The van der Waals surface area contributed by atoms with E-state index >= 15 is 0 Å². The maximum atomic E-state index is 13.0. The Labute approximate surface area is 174 Å². The van der Waals surface area contributed by atoms with Crippen LogP contribution < -0.4 is 5.32 Å². The molecule has 3 rings (SSSR count). The molecule has 1 aromatic carbocycles. The van der Waals surface area contributed by atoms with E-state index in [1.807, 2.05) is 18.4 Å². The zero-order chi connectivity index (χ0) is 21.3. The van der Waals surface area contributed by atoms with Gasteiger partial charge in [0, 0.05) is 35.6 Å². The van der Waals surface area contributed by atoms with E-state index in [4.69, 9.17) is 16.3 Å². The molecule has 0 bridgehead atoms. The number of nitrogens with one attached hydrogen (secondary N) is 1. The van der Waals surface area contributed by atoms with Crippen LogP contribution in [-0.2, 0) is 21.6 Å². The molecule has 154 valence electrons. The highest BCUT2D eigenvalue weighted by molar-refractivity contribution is 6.30. The second kappa shape index (κ2) is 8.00. The zero-order valence-corrected chi connectivity index (χ0v) is 17.7. The van der Waals surface area contributed by atoms with E-state index < -0.39 is 17.5 Å². The lowest BCUT2D eigenvalue weighted by atomic mass is 9.92. The van der Waals surface area contributed by atoms with Crippen molar-refractivity contribution in [3.05, 3.63) is 57.9 Å². The highest BCUT2D eigenvalue weighted by Gasteiger charge is 2.49. The Hall–Kier alpha value is -2.64. The van der Waals surface area contributed by atoms with Gasteiger partial charge >= 0.3 is 6.03 Å². The Morgan fingerprint density at radius 1 is 1.21 bits per heavy atom. The van der Waals surface area contributed by atoms with E-state index in [9.17, 15) is 14.4 Å². The van der Waals surface area contributed by atoms with Crippen LogP contribution in [0.25, 0.3) is 0 Å². The number of carbonyl (C=O) groups is 3. The second-order valence-corrected chi connectivity index (χ2v) is 7.74. The summed E-state index contributed by atoms with van der Waals surface area (Å²) < 4.78 is 7.10. The van der Waals surface area contributed by atoms with Crippen LogP contribution >= 0.6 is 11.6 Å². The minimum atomic E-state index is -1.24. The first kappa shape index (κ1) is 21.1. The van der Waals surface area contributed by atoms with Crippen LogP contribution in [-0.4, -0.2) is 47.4 Å². The number of halogens is 1. The van der Waals surface area contributed by atoms with Crippen LogP contribution in [0.15, 0.2) is 30.3 Å². The molecule has 1 saturated heterocycles. The number of hydrogen-bond donors (Lipinski definition) is 1. The van der Waals surface area contributed by atoms with E-state index in [1.54, 1.807) is 44.4 Å². The van der Waals surface area contributed by atoms with Crippen molar-refractivity contribution in [2.45, 2.75) is 32.9 Å². The summed E-state index contributed by atoms with van der Waals surface area (Å²) in [6, 6.07) is 7.89. The summed E-state index contributed by atoms with van der Waals surface area (Å²) >= 11 is 5.92. The Kier molecular flexibility index (Phi) is 5.82. The summed E-state index contributed by atoms with van der Waals surface area (Å²) in [6.07, 6.45) is 0. The number of urea groups is 1. The number of benzene rings is 1. The van der Waals surface area contributed by atoms with E-state index in [0.29, 0.717) is 29.3 Å². The Morgan fingerprint density at radius 2 is 1.86 bits per heavy atom. The second-order valence-electron chi connectivity index (χ2n) is 7.31. The van der Waals surface area contributed by atoms with Crippen molar-refractivity contribution in [2.24, 2.45) is 0 Å². The third kappa shape index (κ3) is 3.80. The van der Waals surface area contributed by atoms with Crippen LogP contribution in [0.4, 0.5) is 4.79 Å². The van der Waals surface area contributed by atoms with Crippen molar-refractivity contribution >= 4 is 29.3 Å². The van der Waals surface area contributed by atoms with Crippen LogP contribution in [0.2, 0.25) is 5.02 Å². The van der Waals surface area contributed by atoms with Gasteiger partial charge in [0.1, 0.15) is 5.54 Å². The summed E-state index contributed by atoms with van der Waals surface area (Å²) in [5.41, 5.74) is 1.58. The van der Waals surface area contributed by atoms with Gasteiger partial charge in [-0.15, -0.1) is 0 Å². The fourth-order valence-electron chi connectivity index (χ4n) is 3.66. The van der Waals surface area contributed by atoms with Gasteiger partial charge in [0.2, 0.25) is 0 Å². The van der Waals surface area contributed by atoms with Gasteiger partial charge in [-0.1, -0.05) is 23.7 Å². The molecule has 2 aromatic rings. The molecule has 1 N–H and O–H groups in total. The molecule has 1 unspecified atom stereocenters. The third-order valence-corrected chi connectivity index (χ3v) is 5.64. The number of hydrogen-bond acceptors (Lipinski definition) is 4. The van der Waals surface area contributed by atoms with Gasteiger partial charge < -0.3 is 14.6 Å². The fraction of sp³-hybridized carbons (Fsp3) is 0.381. The average Bonchev–Trinajstić information content (AvgIpc) is 3.08. The molecule has 0 radical (unpaired) electrons. The summed E-state index contributed by atoms with van der Waals surface area (Å²) in [4.78, 5) is 39.4. The smallest absolute Gasteiger partial charge is 0.325 e. The van der Waals surface area contributed by atoms with Gasteiger partial charge in [0.25, 0.3) is 5.91 Å². The number of nitrogens with zero attached hydrogens (tertiary/aromatic N) is 2. The molecule has 2 heterocycles. The zero-order valence-electron chi connectivity index (χ0n) is 16.9. The predicted octanol–water partition coefficient (Wildman–Crippen LogP) is 3.05. The number of methoxy groups -OCH3 is 1. The van der Waals surface area contributed by atoms with Gasteiger partial charge in [-0.25, -0.2) is 4.79 Å². The number of aryl methyl sites for hydroxylation is 1. The first-order chi connectivity index (χ1) is 13.7. The molecule has 0 spiro atoms. The molecule has 1 aromatic heterocycles. The normalized spacial score (nSPS) is 19.0. The van der Waals surface area contributed by atoms with Gasteiger partial charge in [0.05, 0.1) is 13.2 Å². The van der Waals surface area contributed by atoms with Crippen molar-refractivity contribution in [2.75, 3.05) is 20.3 Å². The molecule has 3 amide bonds. The van der Waals surface area contributed by atoms with Crippen LogP contribution in [0.1, 0.15) is 34.2 Å². The minimum absolute atomic E-state index is 0.286. The summed E-state index contributed by atoms with van der Waals surface area (Å²) in [5.74, 6) is -0.753. The van der Waals surface area contributed by atoms with Crippen molar-refractivity contribution in [1.29, 1.82) is 0 Å². The molecule has 0 aliphatic carbocycles. The van der Waals surface area contributed by atoms with Gasteiger partial charge in [-0.2, -0.15) is 0 Å². The molecule has 7 nitrogen and oxygen atoms in total. The third-order valence-electron chi connectivity index (χ3n) is 5.39. The lowest BCUT2D eigenvalue weighted by Crippen LogP contribution is -2.41. The largest absolute Gasteiger partial charge is 0.383 e. The minimum Gasteiger partial charge on any atom is -0.383 e. The first-order valence-corrected chi connectivity index (χ1v) is 9.66. The molecule has 1 fully saturated rings. The van der Waals surface area contributed by atoms with Crippen LogP contribution in [0.3, 0.4) is 0 Å². The van der Waals surface area contributed by atoms with E-state index in [1.165, 1.54) is 0 Å². The Morgan fingerprint density at radius 3 is 2.48 bits per heavy atom. The summed E-state index contributed by atoms with van der Waals surface area (Å²) in [7, 11) is 1.62. The maximum Gasteiger partial charge on any atom is 0.325 e. The number of imide groups is 1. The highest BCUT2D eigenvalue weighted by Crippen LogP contribution is 2.30. The van der Waals surface area contributed by atoms with Crippen LogP contribution in [0, 0.1) is 13.8 Å². The highest BCUT2D eigenvalue weighted by atomic mass is 35.5. The number of aromatic nitrogens is 1. The average molecular weight is 418 g/mol. The SMILES string of the molecule is COCCn1c(C)cc(C(=O)CN2C(=O)NC(C)(c3ccc(Cl)cc3)C2=O)c1C. The number of amides is 3. The van der Waals surface area contributed by atoms with Gasteiger partial charge in [-0.05, 0) is 44.5 Å². The predicted molar refractivity (Wildman–Crippen MR) is 109 cm³/mol. The van der Waals surface area contributed by atoms with Crippen molar-refractivity contribution < 1.29 is 19.1 Å². The lowest BCUT2D eigenvalue weighted by Gasteiger charge is -2.22. The van der Waals surface area contributed by atoms with Crippen LogP contribution in [0.5, 0.6) is 0 Å². The van der Waals surface area contributed by atoms with E-state index in [-0.39, 0.29) is 12.3 Å². The Bertz CT molecular complexity index is 967.